The summed E-state index contributed by atoms with van der Waals surface area (Å²) in [6.07, 6.45) is 2.89. The van der Waals surface area contributed by atoms with Crippen LogP contribution in [0, 0.1) is 11.2 Å². The highest BCUT2D eigenvalue weighted by Gasteiger charge is 2.40. The molecule has 21 heavy (non-hydrogen) atoms. The van der Waals surface area contributed by atoms with Crippen molar-refractivity contribution in [2.45, 2.75) is 45.6 Å². The molecular formula is C17H24FNO2. The van der Waals surface area contributed by atoms with Crippen LogP contribution in [-0.4, -0.2) is 35.1 Å². The van der Waals surface area contributed by atoms with E-state index in [0.29, 0.717) is 25.3 Å². The van der Waals surface area contributed by atoms with E-state index in [-0.39, 0.29) is 5.82 Å². The Labute approximate surface area is 125 Å². The fourth-order valence-electron chi connectivity index (χ4n) is 3.25. The maximum absolute atomic E-state index is 13.2. The molecule has 1 fully saturated rings. The lowest BCUT2D eigenvalue weighted by Gasteiger charge is -2.41. The minimum Gasteiger partial charge on any atom is -0.481 e. The summed E-state index contributed by atoms with van der Waals surface area (Å²) >= 11 is 0. The average Bonchev–Trinajstić information content (AvgIpc) is 2.47. The lowest BCUT2D eigenvalue weighted by Crippen LogP contribution is -2.47. The van der Waals surface area contributed by atoms with Crippen molar-refractivity contribution in [3.05, 3.63) is 35.6 Å². The SMILES string of the molecule is CCC1(C(=O)O)CCN(C(C)Cc2cccc(F)c2)CC1. The van der Waals surface area contributed by atoms with Gasteiger partial charge in [-0.05, 0) is 63.4 Å². The van der Waals surface area contributed by atoms with Gasteiger partial charge in [0.15, 0.2) is 0 Å². The second-order valence-corrected chi connectivity index (χ2v) is 6.16. The number of hydrogen-bond acceptors (Lipinski definition) is 2. The topological polar surface area (TPSA) is 40.5 Å². The number of carboxylic acids is 1. The molecule has 1 saturated heterocycles. The molecule has 0 aliphatic carbocycles. The quantitative estimate of drug-likeness (QED) is 0.905. The molecule has 0 saturated carbocycles. The van der Waals surface area contributed by atoms with E-state index in [4.69, 9.17) is 0 Å². The first-order valence-corrected chi connectivity index (χ1v) is 7.69. The molecule has 116 valence electrons. The van der Waals surface area contributed by atoms with Gasteiger partial charge >= 0.3 is 5.97 Å². The van der Waals surface area contributed by atoms with Crippen molar-refractivity contribution in [3.63, 3.8) is 0 Å². The van der Waals surface area contributed by atoms with Gasteiger partial charge in [-0.2, -0.15) is 0 Å². The summed E-state index contributed by atoms with van der Waals surface area (Å²) in [7, 11) is 0. The molecule has 0 radical (unpaired) electrons. The van der Waals surface area contributed by atoms with Crippen LogP contribution in [0.25, 0.3) is 0 Å². The van der Waals surface area contributed by atoms with E-state index in [1.165, 1.54) is 6.07 Å². The number of rotatable bonds is 5. The number of hydrogen-bond donors (Lipinski definition) is 1. The van der Waals surface area contributed by atoms with Crippen molar-refractivity contribution in [2.75, 3.05) is 13.1 Å². The maximum atomic E-state index is 13.2. The fraction of sp³-hybridized carbons (Fsp3) is 0.588. The Morgan fingerprint density at radius 2 is 2.10 bits per heavy atom. The fourth-order valence-corrected chi connectivity index (χ4v) is 3.25. The molecule has 1 aromatic rings. The number of carbonyl (C=O) groups is 1. The smallest absolute Gasteiger partial charge is 0.309 e. The molecule has 4 heteroatoms. The molecule has 0 aromatic heterocycles. The predicted octanol–water partition coefficient (Wildman–Crippen LogP) is 3.33. The zero-order valence-electron chi connectivity index (χ0n) is 12.8. The highest BCUT2D eigenvalue weighted by Crippen LogP contribution is 2.35. The minimum absolute atomic E-state index is 0.200. The Morgan fingerprint density at radius 3 is 2.62 bits per heavy atom. The van der Waals surface area contributed by atoms with Crippen molar-refractivity contribution in [1.29, 1.82) is 0 Å². The molecule has 3 nitrogen and oxygen atoms in total. The zero-order chi connectivity index (χ0) is 15.5. The van der Waals surface area contributed by atoms with Crippen molar-refractivity contribution in [1.82, 2.24) is 4.90 Å². The second-order valence-electron chi connectivity index (χ2n) is 6.16. The van der Waals surface area contributed by atoms with Crippen LogP contribution >= 0.6 is 0 Å². The van der Waals surface area contributed by atoms with Crippen LogP contribution in [0.1, 0.15) is 38.7 Å². The molecule has 2 rings (SSSR count). The second kappa shape index (κ2) is 6.56. The van der Waals surface area contributed by atoms with Crippen LogP contribution in [-0.2, 0) is 11.2 Å². The average molecular weight is 293 g/mol. The summed E-state index contributed by atoms with van der Waals surface area (Å²) in [6.45, 7) is 5.69. The highest BCUT2D eigenvalue weighted by atomic mass is 19.1. The molecule has 1 aliphatic heterocycles. The number of carboxylic acid groups (broad SMARTS) is 1. The molecule has 1 atom stereocenters. The largest absolute Gasteiger partial charge is 0.481 e. The Bertz CT molecular complexity index is 495. The molecule has 1 N–H and O–H groups in total. The van der Waals surface area contributed by atoms with Gasteiger partial charge in [0.1, 0.15) is 5.82 Å². The van der Waals surface area contributed by atoms with E-state index in [9.17, 15) is 14.3 Å². The van der Waals surface area contributed by atoms with Crippen LogP contribution < -0.4 is 0 Å². The first kappa shape index (κ1) is 16.0. The molecule has 1 heterocycles. The molecule has 1 unspecified atom stereocenters. The van der Waals surface area contributed by atoms with Gasteiger partial charge in [0.05, 0.1) is 5.41 Å². The zero-order valence-corrected chi connectivity index (χ0v) is 12.8. The summed E-state index contributed by atoms with van der Waals surface area (Å²) in [4.78, 5) is 13.8. The van der Waals surface area contributed by atoms with Crippen LogP contribution in [0.4, 0.5) is 4.39 Å². The highest BCUT2D eigenvalue weighted by molar-refractivity contribution is 5.74. The number of benzene rings is 1. The number of halogens is 1. The van der Waals surface area contributed by atoms with Gasteiger partial charge in [-0.15, -0.1) is 0 Å². The third-order valence-corrected chi connectivity index (χ3v) is 4.93. The van der Waals surface area contributed by atoms with Gasteiger partial charge in [0, 0.05) is 6.04 Å². The van der Waals surface area contributed by atoms with Crippen molar-refractivity contribution in [2.24, 2.45) is 5.41 Å². The molecule has 1 aromatic carbocycles. The molecule has 0 bridgehead atoms. The van der Waals surface area contributed by atoms with Crippen LogP contribution in [0.2, 0.25) is 0 Å². The summed E-state index contributed by atoms with van der Waals surface area (Å²) in [6, 6.07) is 7.01. The van der Waals surface area contributed by atoms with E-state index in [1.54, 1.807) is 12.1 Å². The van der Waals surface area contributed by atoms with Gasteiger partial charge < -0.3 is 10.0 Å². The predicted molar refractivity (Wildman–Crippen MR) is 80.7 cm³/mol. The van der Waals surface area contributed by atoms with Crippen molar-refractivity contribution in [3.8, 4) is 0 Å². The summed E-state index contributed by atoms with van der Waals surface area (Å²) in [5.74, 6) is -0.864. The van der Waals surface area contributed by atoms with E-state index < -0.39 is 11.4 Å². The molecule has 0 spiro atoms. The van der Waals surface area contributed by atoms with Crippen LogP contribution in [0.15, 0.2) is 24.3 Å². The van der Waals surface area contributed by atoms with Crippen LogP contribution in [0.3, 0.4) is 0 Å². The van der Waals surface area contributed by atoms with Gasteiger partial charge in [0.25, 0.3) is 0 Å². The van der Waals surface area contributed by atoms with Gasteiger partial charge in [-0.25, -0.2) is 4.39 Å². The lowest BCUT2D eigenvalue weighted by molar-refractivity contribution is -0.152. The van der Waals surface area contributed by atoms with E-state index >= 15 is 0 Å². The maximum Gasteiger partial charge on any atom is 0.309 e. The number of aliphatic carboxylic acids is 1. The Hall–Kier alpha value is -1.42. The number of likely N-dealkylation sites (tertiary alicyclic amines) is 1. The third-order valence-electron chi connectivity index (χ3n) is 4.93. The summed E-state index contributed by atoms with van der Waals surface area (Å²) < 4.78 is 13.2. The van der Waals surface area contributed by atoms with Crippen molar-refractivity contribution >= 4 is 5.97 Å². The summed E-state index contributed by atoms with van der Waals surface area (Å²) in [5.41, 5.74) is 0.447. The minimum atomic E-state index is -0.664. The molecular weight excluding hydrogens is 269 g/mol. The third kappa shape index (κ3) is 3.62. The Kier molecular flexibility index (Phi) is 4.99. The van der Waals surface area contributed by atoms with E-state index in [2.05, 4.69) is 11.8 Å². The molecule has 1 aliphatic rings. The normalized spacial score (nSPS) is 20.1. The van der Waals surface area contributed by atoms with Crippen LogP contribution in [0.5, 0.6) is 0 Å². The Morgan fingerprint density at radius 1 is 1.43 bits per heavy atom. The van der Waals surface area contributed by atoms with E-state index in [0.717, 1.165) is 25.1 Å². The lowest BCUT2D eigenvalue weighted by atomic mass is 9.76. The van der Waals surface area contributed by atoms with Gasteiger partial charge in [-0.3, -0.25) is 4.79 Å². The standard InChI is InChI=1S/C17H24FNO2/c1-3-17(16(20)21)7-9-19(10-8-17)13(2)11-14-5-4-6-15(18)12-14/h4-6,12-13H,3,7-11H2,1-2H3,(H,20,21). The molecule has 0 amide bonds. The number of nitrogens with zero attached hydrogens (tertiary/aromatic N) is 1. The van der Waals surface area contributed by atoms with Crippen molar-refractivity contribution < 1.29 is 14.3 Å². The number of piperidine rings is 1. The first-order chi connectivity index (χ1) is 9.97. The summed E-state index contributed by atoms with van der Waals surface area (Å²) in [5, 5.41) is 9.42. The first-order valence-electron chi connectivity index (χ1n) is 7.69. The Balaban J connectivity index is 1.94. The van der Waals surface area contributed by atoms with E-state index in [1.807, 2.05) is 13.0 Å². The van der Waals surface area contributed by atoms with Gasteiger partial charge in [0.2, 0.25) is 0 Å². The van der Waals surface area contributed by atoms with Gasteiger partial charge in [-0.1, -0.05) is 19.1 Å². The monoisotopic (exact) mass is 293 g/mol.